The molecule has 0 atom stereocenters. The lowest BCUT2D eigenvalue weighted by molar-refractivity contribution is -0.192. The molecule has 196 valence electrons. The highest BCUT2D eigenvalue weighted by Gasteiger charge is 2.38. The van der Waals surface area contributed by atoms with Crippen molar-refractivity contribution >= 4 is 50.6 Å². The number of aromatic amines is 1. The smallest absolute Gasteiger partial charge is 0.475 e. The lowest BCUT2D eigenvalue weighted by Crippen LogP contribution is -2.21. The number of alkyl halides is 3. The average molecular weight is 548 g/mol. The summed E-state index contributed by atoms with van der Waals surface area (Å²) in [7, 11) is 1.75. The predicted molar refractivity (Wildman–Crippen MR) is 130 cm³/mol. The van der Waals surface area contributed by atoms with E-state index in [0.29, 0.717) is 38.0 Å². The Balaban J connectivity index is 0.000000426. The van der Waals surface area contributed by atoms with E-state index in [-0.39, 0.29) is 5.91 Å². The van der Waals surface area contributed by atoms with Gasteiger partial charge in [-0.15, -0.1) is 10.2 Å². The van der Waals surface area contributed by atoms with Gasteiger partial charge in [0.05, 0.1) is 22.7 Å². The van der Waals surface area contributed by atoms with Crippen LogP contribution in [-0.2, 0) is 11.8 Å². The molecule has 0 bridgehead atoms. The van der Waals surface area contributed by atoms with Crippen LogP contribution in [0, 0.1) is 5.95 Å². The Bertz CT molecular complexity index is 1610. The first kappa shape index (κ1) is 26.2. The maximum Gasteiger partial charge on any atom is 0.490 e. The molecule has 11 nitrogen and oxygen atoms in total. The Morgan fingerprint density at radius 1 is 1.11 bits per heavy atom. The fraction of sp³-hybridized carbons (Fsp3) is 0.0909. The van der Waals surface area contributed by atoms with Crippen LogP contribution in [0.2, 0.25) is 0 Å². The summed E-state index contributed by atoms with van der Waals surface area (Å²) in [5.41, 5.74) is 3.14. The SMILES string of the molecule is Cn1cc(C(=O)Nc2cccc(-c3nnc(Nc4ccc5n[nH]c(F)c5c4)s3)c2)cn1.O=C(O)C(F)(F)F. The molecule has 0 unspecified atom stereocenters. The second-order valence-electron chi connectivity index (χ2n) is 7.55. The summed E-state index contributed by atoms with van der Waals surface area (Å²) in [5.74, 6) is -3.49. The Labute approximate surface area is 214 Å². The van der Waals surface area contributed by atoms with Crippen molar-refractivity contribution in [2.24, 2.45) is 7.05 Å². The number of aryl methyl sites for hydroxylation is 1. The maximum absolute atomic E-state index is 13.7. The topological polar surface area (TPSA) is 151 Å². The van der Waals surface area contributed by atoms with Crippen LogP contribution in [0.4, 0.5) is 34.1 Å². The number of carbonyl (C=O) groups excluding carboxylic acids is 1. The van der Waals surface area contributed by atoms with Crippen molar-refractivity contribution in [3.8, 4) is 10.6 Å². The normalized spacial score (nSPS) is 11.1. The molecule has 0 spiro atoms. The van der Waals surface area contributed by atoms with Crippen LogP contribution in [0.25, 0.3) is 21.5 Å². The minimum absolute atomic E-state index is 0.244. The Kier molecular flexibility index (Phi) is 7.33. The number of nitrogens with one attached hydrogen (secondary N) is 3. The molecule has 0 fully saturated rings. The third-order valence-corrected chi connectivity index (χ3v) is 5.65. The second kappa shape index (κ2) is 10.6. The van der Waals surface area contributed by atoms with Crippen LogP contribution < -0.4 is 10.6 Å². The molecule has 5 rings (SSSR count). The summed E-state index contributed by atoms with van der Waals surface area (Å²) in [6.07, 6.45) is -1.93. The van der Waals surface area contributed by atoms with Crippen LogP contribution in [0.15, 0.2) is 54.9 Å². The summed E-state index contributed by atoms with van der Waals surface area (Å²) in [6.45, 7) is 0. The molecule has 0 aliphatic heterocycles. The molecule has 0 saturated heterocycles. The summed E-state index contributed by atoms with van der Waals surface area (Å²) < 4.78 is 47.0. The van der Waals surface area contributed by atoms with E-state index >= 15 is 0 Å². The van der Waals surface area contributed by atoms with Crippen LogP contribution in [0.1, 0.15) is 10.4 Å². The van der Waals surface area contributed by atoms with Crippen molar-refractivity contribution < 1.29 is 32.3 Å². The van der Waals surface area contributed by atoms with E-state index in [4.69, 9.17) is 9.90 Å². The molecule has 1 amide bonds. The average Bonchev–Trinajstić information content (AvgIpc) is 3.60. The number of carboxylic acids is 1. The number of rotatable bonds is 5. The zero-order valence-corrected chi connectivity index (χ0v) is 19.9. The minimum atomic E-state index is -5.08. The quantitative estimate of drug-likeness (QED) is 0.233. The van der Waals surface area contributed by atoms with Crippen molar-refractivity contribution in [2.45, 2.75) is 6.18 Å². The molecule has 0 aliphatic rings. The number of benzene rings is 2. The predicted octanol–water partition coefficient (Wildman–Crippen LogP) is 4.58. The van der Waals surface area contributed by atoms with Gasteiger partial charge in [-0.3, -0.25) is 14.6 Å². The van der Waals surface area contributed by atoms with Crippen molar-refractivity contribution in [3.05, 3.63) is 66.4 Å². The molecule has 0 aliphatic carbocycles. The third kappa shape index (κ3) is 6.28. The molecular formula is C22H16F4N8O3S. The van der Waals surface area contributed by atoms with Gasteiger partial charge in [-0.05, 0) is 30.3 Å². The number of hydrogen-bond donors (Lipinski definition) is 4. The van der Waals surface area contributed by atoms with E-state index in [0.717, 1.165) is 5.56 Å². The fourth-order valence-corrected chi connectivity index (χ4v) is 3.80. The van der Waals surface area contributed by atoms with Crippen LogP contribution in [0.3, 0.4) is 0 Å². The molecule has 16 heteroatoms. The minimum Gasteiger partial charge on any atom is -0.475 e. The highest BCUT2D eigenvalue weighted by Crippen LogP contribution is 2.30. The number of aromatic nitrogens is 6. The molecule has 3 aromatic heterocycles. The van der Waals surface area contributed by atoms with Gasteiger partial charge in [-0.2, -0.15) is 27.8 Å². The van der Waals surface area contributed by atoms with Crippen LogP contribution in [-0.4, -0.2) is 53.3 Å². The first-order valence-corrected chi connectivity index (χ1v) is 11.3. The Hall–Kier alpha value is -4.86. The van der Waals surface area contributed by atoms with Crippen molar-refractivity contribution in [1.82, 2.24) is 30.2 Å². The maximum atomic E-state index is 13.7. The summed E-state index contributed by atoms with van der Waals surface area (Å²) in [4.78, 5) is 21.2. The zero-order valence-electron chi connectivity index (χ0n) is 19.1. The lowest BCUT2D eigenvalue weighted by atomic mass is 10.2. The first-order valence-electron chi connectivity index (χ1n) is 10.4. The largest absolute Gasteiger partial charge is 0.490 e. The molecule has 0 radical (unpaired) electrons. The number of carboxylic acid groups (broad SMARTS) is 1. The van der Waals surface area contributed by atoms with Crippen molar-refractivity contribution in [3.63, 3.8) is 0 Å². The number of carbonyl (C=O) groups is 2. The summed E-state index contributed by atoms with van der Waals surface area (Å²) in [6, 6.07) is 12.5. The monoisotopic (exact) mass is 548 g/mol. The van der Waals surface area contributed by atoms with E-state index < -0.39 is 18.1 Å². The van der Waals surface area contributed by atoms with Gasteiger partial charge < -0.3 is 15.7 Å². The van der Waals surface area contributed by atoms with Gasteiger partial charge in [0.25, 0.3) is 5.91 Å². The van der Waals surface area contributed by atoms with E-state index in [1.165, 1.54) is 17.5 Å². The number of fused-ring (bicyclic) bond motifs is 1. The van der Waals surface area contributed by atoms with Gasteiger partial charge in [-0.1, -0.05) is 23.5 Å². The highest BCUT2D eigenvalue weighted by atomic mass is 32.1. The summed E-state index contributed by atoms with van der Waals surface area (Å²) >= 11 is 1.34. The number of hydrogen-bond acceptors (Lipinski definition) is 8. The molecule has 2 aromatic carbocycles. The Morgan fingerprint density at radius 2 is 1.87 bits per heavy atom. The zero-order chi connectivity index (χ0) is 27.4. The van der Waals surface area contributed by atoms with Crippen LogP contribution >= 0.6 is 11.3 Å². The number of nitrogens with zero attached hydrogens (tertiary/aromatic N) is 5. The Morgan fingerprint density at radius 3 is 2.55 bits per heavy atom. The number of aliphatic carboxylic acids is 1. The van der Waals surface area contributed by atoms with Gasteiger partial charge in [0, 0.05) is 30.2 Å². The third-order valence-electron chi connectivity index (χ3n) is 4.76. The molecule has 3 heterocycles. The molecule has 0 saturated carbocycles. The standard InChI is InChI=1S/C20H15FN8OS.C2HF3O2/c1-29-10-12(9-22-29)18(30)23-13-4-2-3-11(7-13)19-27-28-20(31-19)24-14-5-6-16-15(8-14)17(21)26-25-16;3-2(4,5)1(6)7/h2-10H,1H3,(H,23,30)(H,24,28)(H,25,26);(H,6,7). The summed E-state index contributed by atoms with van der Waals surface area (Å²) in [5, 5.41) is 33.3. The molecule has 4 N–H and O–H groups in total. The number of H-pyrrole nitrogens is 1. The molecule has 38 heavy (non-hydrogen) atoms. The van der Waals surface area contributed by atoms with E-state index in [1.54, 1.807) is 42.2 Å². The number of anilines is 3. The second-order valence-corrected chi connectivity index (χ2v) is 8.52. The van der Waals surface area contributed by atoms with E-state index in [9.17, 15) is 22.4 Å². The van der Waals surface area contributed by atoms with Crippen LogP contribution in [0.5, 0.6) is 0 Å². The van der Waals surface area contributed by atoms with Gasteiger partial charge in [0.1, 0.15) is 5.01 Å². The number of amides is 1. The van der Waals surface area contributed by atoms with Gasteiger partial charge >= 0.3 is 12.1 Å². The van der Waals surface area contributed by atoms with Crippen molar-refractivity contribution in [2.75, 3.05) is 10.6 Å². The molecular weight excluding hydrogens is 532 g/mol. The number of halogens is 4. The van der Waals surface area contributed by atoms with Gasteiger partial charge in [-0.25, -0.2) is 4.79 Å². The van der Waals surface area contributed by atoms with Gasteiger partial charge in [0.15, 0.2) is 0 Å². The lowest BCUT2D eigenvalue weighted by Gasteiger charge is -2.05. The van der Waals surface area contributed by atoms with Gasteiger partial charge in [0.2, 0.25) is 11.1 Å². The van der Waals surface area contributed by atoms with E-state index in [2.05, 4.69) is 36.1 Å². The fourth-order valence-electron chi connectivity index (χ4n) is 3.04. The first-order chi connectivity index (χ1) is 18.0. The van der Waals surface area contributed by atoms with E-state index in [1.807, 2.05) is 18.2 Å². The molecule has 5 aromatic rings. The van der Waals surface area contributed by atoms with Crippen molar-refractivity contribution in [1.29, 1.82) is 0 Å². The highest BCUT2D eigenvalue weighted by molar-refractivity contribution is 7.18.